The zero-order valence-electron chi connectivity index (χ0n) is 6.92. The molecule has 0 heterocycles. The Morgan fingerprint density at radius 1 is 1.55 bits per heavy atom. The molecule has 3 atom stereocenters. The number of halogens is 1. The molecule has 0 saturated carbocycles. The normalized spacial score (nSPS) is 39.1. The zero-order valence-corrected chi connectivity index (χ0v) is 7.68. The highest BCUT2D eigenvalue weighted by Crippen LogP contribution is 2.36. The van der Waals surface area contributed by atoms with E-state index >= 15 is 0 Å². The van der Waals surface area contributed by atoms with E-state index < -0.39 is 0 Å². The van der Waals surface area contributed by atoms with E-state index in [0.717, 1.165) is 0 Å². The number of rotatable bonds is 1. The lowest BCUT2D eigenvalue weighted by Gasteiger charge is -2.35. The van der Waals surface area contributed by atoms with E-state index in [1.54, 1.807) is 0 Å². The van der Waals surface area contributed by atoms with Gasteiger partial charge in [0.1, 0.15) is 0 Å². The Labute approximate surface area is 72.9 Å². The maximum atomic E-state index is 5.89. The Kier molecular flexibility index (Phi) is 2.40. The minimum absolute atomic E-state index is 0.0870. The molecule has 1 aliphatic carbocycles. The lowest BCUT2D eigenvalue weighted by molar-refractivity contribution is 0.312. The summed E-state index contributed by atoms with van der Waals surface area (Å²) >= 11 is 5.89. The lowest BCUT2D eigenvalue weighted by Crippen LogP contribution is -2.38. The number of alkyl halides is 1. The van der Waals surface area contributed by atoms with Gasteiger partial charge in [0.15, 0.2) is 0 Å². The van der Waals surface area contributed by atoms with Crippen molar-refractivity contribution in [3.63, 3.8) is 0 Å². The highest BCUT2D eigenvalue weighted by Gasteiger charge is 2.33. The molecule has 3 unspecified atom stereocenters. The predicted molar refractivity (Wildman–Crippen MR) is 49.4 cm³/mol. The maximum Gasteiger partial charge on any atom is 0.0895 e. The van der Waals surface area contributed by atoms with Crippen LogP contribution in [0.2, 0.25) is 0 Å². The Morgan fingerprint density at radius 2 is 2.18 bits per heavy atom. The topological polar surface area (TPSA) is 26.0 Å². The zero-order chi connectivity index (χ0) is 8.48. The first kappa shape index (κ1) is 8.82. The molecule has 1 nitrogen and oxygen atoms in total. The fraction of sp³-hybridized carbons (Fsp3) is 0.556. The summed E-state index contributed by atoms with van der Waals surface area (Å²) < 4.78 is 0. The van der Waals surface area contributed by atoms with E-state index in [1.165, 1.54) is 0 Å². The summed E-state index contributed by atoms with van der Waals surface area (Å²) in [5, 5.41) is 0. The summed E-state index contributed by atoms with van der Waals surface area (Å²) in [6, 6.07) is 0. The summed E-state index contributed by atoms with van der Waals surface area (Å²) in [5.41, 5.74) is 5.28. The third kappa shape index (κ3) is 1.49. The number of hydrogen-bond acceptors (Lipinski definition) is 1. The van der Waals surface area contributed by atoms with Crippen LogP contribution in [0, 0.1) is 11.3 Å². The first-order valence-electron chi connectivity index (χ1n) is 3.83. The summed E-state index contributed by atoms with van der Waals surface area (Å²) in [4.78, 5) is 0. The van der Waals surface area contributed by atoms with Crippen molar-refractivity contribution < 1.29 is 0 Å². The second kappa shape index (κ2) is 3.00. The summed E-state index contributed by atoms with van der Waals surface area (Å²) in [7, 11) is 0. The van der Waals surface area contributed by atoms with Crippen molar-refractivity contribution in [2.45, 2.75) is 19.3 Å². The van der Waals surface area contributed by atoms with Crippen LogP contribution in [0.4, 0.5) is 0 Å². The van der Waals surface area contributed by atoms with Crippen molar-refractivity contribution in [1.82, 2.24) is 0 Å². The molecule has 2 N–H and O–H groups in total. The third-order valence-electron chi connectivity index (χ3n) is 2.54. The lowest BCUT2D eigenvalue weighted by atomic mass is 9.75. The monoisotopic (exact) mass is 171 g/mol. The van der Waals surface area contributed by atoms with Gasteiger partial charge in [0.05, 0.1) is 5.50 Å². The van der Waals surface area contributed by atoms with Gasteiger partial charge in [-0.1, -0.05) is 38.2 Å². The van der Waals surface area contributed by atoms with E-state index in [1.807, 2.05) is 12.2 Å². The second-order valence-electron chi connectivity index (χ2n) is 3.30. The Bertz CT molecular complexity index is 196. The molecule has 0 aromatic heterocycles. The standard InChI is InChI=1S/C9H14ClN/c1-7-5-3-4-6-9(7,2)8(10)11/h3-8H,11H2,1-2H3. The quantitative estimate of drug-likeness (QED) is 0.476. The van der Waals surface area contributed by atoms with Crippen molar-refractivity contribution in [3.8, 4) is 0 Å². The van der Waals surface area contributed by atoms with Crippen LogP contribution in [-0.4, -0.2) is 5.50 Å². The average molecular weight is 172 g/mol. The van der Waals surface area contributed by atoms with Crippen LogP contribution < -0.4 is 5.73 Å². The van der Waals surface area contributed by atoms with Crippen LogP contribution in [0.25, 0.3) is 0 Å². The van der Waals surface area contributed by atoms with E-state index in [0.29, 0.717) is 5.92 Å². The highest BCUT2D eigenvalue weighted by atomic mass is 35.5. The van der Waals surface area contributed by atoms with E-state index in [-0.39, 0.29) is 10.9 Å². The summed E-state index contributed by atoms with van der Waals surface area (Å²) in [6.45, 7) is 4.21. The molecule has 62 valence electrons. The van der Waals surface area contributed by atoms with Gasteiger partial charge in [0.25, 0.3) is 0 Å². The van der Waals surface area contributed by atoms with Gasteiger partial charge >= 0.3 is 0 Å². The van der Waals surface area contributed by atoms with Gasteiger partial charge in [-0.3, -0.25) is 0 Å². The minimum atomic E-state index is -0.307. The van der Waals surface area contributed by atoms with E-state index in [4.69, 9.17) is 17.3 Å². The van der Waals surface area contributed by atoms with Crippen LogP contribution in [0.15, 0.2) is 24.3 Å². The van der Waals surface area contributed by atoms with Crippen molar-refractivity contribution in [3.05, 3.63) is 24.3 Å². The SMILES string of the molecule is CC1C=CC=CC1(C)C(N)Cl. The fourth-order valence-corrected chi connectivity index (χ4v) is 1.47. The van der Waals surface area contributed by atoms with Gasteiger partial charge in [0.2, 0.25) is 0 Å². The number of nitrogens with two attached hydrogens (primary N) is 1. The van der Waals surface area contributed by atoms with Crippen molar-refractivity contribution in [2.24, 2.45) is 17.1 Å². The fourth-order valence-electron chi connectivity index (χ4n) is 1.20. The van der Waals surface area contributed by atoms with Gasteiger partial charge in [0, 0.05) is 5.41 Å². The number of allylic oxidation sites excluding steroid dienone is 3. The molecule has 0 fully saturated rings. The van der Waals surface area contributed by atoms with Crippen LogP contribution in [0.5, 0.6) is 0 Å². The van der Waals surface area contributed by atoms with Crippen LogP contribution in [0.3, 0.4) is 0 Å². The Morgan fingerprint density at radius 3 is 2.55 bits per heavy atom. The summed E-state index contributed by atoms with van der Waals surface area (Å²) in [5.74, 6) is 0.417. The van der Waals surface area contributed by atoms with Gasteiger partial charge < -0.3 is 5.73 Å². The van der Waals surface area contributed by atoms with E-state index in [9.17, 15) is 0 Å². The van der Waals surface area contributed by atoms with Gasteiger partial charge in [-0.05, 0) is 5.92 Å². The van der Waals surface area contributed by atoms with Crippen molar-refractivity contribution in [2.75, 3.05) is 0 Å². The predicted octanol–water partition coefficient (Wildman–Crippen LogP) is 2.28. The summed E-state index contributed by atoms with van der Waals surface area (Å²) in [6.07, 6.45) is 8.24. The van der Waals surface area contributed by atoms with Gasteiger partial charge in [-0.25, -0.2) is 0 Å². The average Bonchev–Trinajstić information content (AvgIpc) is 1.95. The molecule has 0 aromatic carbocycles. The molecule has 0 radical (unpaired) electrons. The van der Waals surface area contributed by atoms with Crippen molar-refractivity contribution >= 4 is 11.6 Å². The Balaban J connectivity index is 2.85. The second-order valence-corrected chi connectivity index (χ2v) is 3.77. The molecule has 0 amide bonds. The van der Waals surface area contributed by atoms with Crippen LogP contribution in [0.1, 0.15) is 13.8 Å². The molecule has 0 saturated heterocycles. The highest BCUT2D eigenvalue weighted by molar-refractivity contribution is 6.20. The molecular formula is C9H14ClN. The molecule has 0 spiro atoms. The molecule has 1 rings (SSSR count). The van der Waals surface area contributed by atoms with Gasteiger partial charge in [-0.2, -0.15) is 0 Å². The first-order valence-corrected chi connectivity index (χ1v) is 4.26. The minimum Gasteiger partial charge on any atom is -0.315 e. The van der Waals surface area contributed by atoms with Crippen LogP contribution >= 0.6 is 11.6 Å². The Hall–Kier alpha value is -0.270. The van der Waals surface area contributed by atoms with Gasteiger partial charge in [-0.15, -0.1) is 11.6 Å². The molecular weight excluding hydrogens is 158 g/mol. The smallest absolute Gasteiger partial charge is 0.0895 e. The molecule has 0 aromatic rings. The largest absolute Gasteiger partial charge is 0.315 e. The van der Waals surface area contributed by atoms with E-state index in [2.05, 4.69) is 26.0 Å². The molecule has 0 bridgehead atoms. The molecule has 2 heteroatoms. The first-order chi connectivity index (χ1) is 5.07. The van der Waals surface area contributed by atoms with Crippen molar-refractivity contribution in [1.29, 1.82) is 0 Å². The number of hydrogen-bond donors (Lipinski definition) is 1. The van der Waals surface area contributed by atoms with Crippen LogP contribution in [-0.2, 0) is 0 Å². The molecule has 1 aliphatic rings. The maximum absolute atomic E-state index is 5.89. The molecule has 11 heavy (non-hydrogen) atoms. The molecule has 0 aliphatic heterocycles. The third-order valence-corrected chi connectivity index (χ3v) is 3.01.